The van der Waals surface area contributed by atoms with Gasteiger partial charge in [-0.05, 0) is 47.5 Å². The SMILES string of the molecule is c1ccc(-c2nc(B3c4c(c5ccccc5n4-c4ccccc4)-c4ccccc4-c4c3n(-c3ccccc3)c3ccccc43)nc(-c3ccccc3)n2)cc1. The van der Waals surface area contributed by atoms with E-state index in [1.54, 1.807) is 0 Å². The van der Waals surface area contributed by atoms with E-state index in [4.69, 9.17) is 15.0 Å². The predicted molar refractivity (Wildman–Crippen MR) is 226 cm³/mol. The standard InChI is InChI=1S/C49H32BN5/c1-5-19-33(20-6-1)47-51-48(34-21-7-2-8-22-34)53-49(52-47)50-45-43(39-29-15-17-31-41(39)54(45)35-23-9-3-10-24-35)37-27-13-14-28-38(37)44-40-30-16-18-32-42(40)55(46(44)50)36-25-11-4-12-26-36/h1-32H. The molecule has 3 aromatic heterocycles. The van der Waals surface area contributed by atoms with Crippen molar-refractivity contribution in [1.82, 2.24) is 24.1 Å². The lowest BCUT2D eigenvalue weighted by Gasteiger charge is -2.22. The molecule has 7 aromatic carbocycles. The molecule has 0 atom stereocenters. The number of hydrogen-bond donors (Lipinski definition) is 0. The van der Waals surface area contributed by atoms with Crippen LogP contribution in [0.25, 0.3) is 78.2 Å². The number of aromatic nitrogens is 5. The summed E-state index contributed by atoms with van der Waals surface area (Å²) >= 11 is 0. The topological polar surface area (TPSA) is 48.5 Å². The van der Waals surface area contributed by atoms with Gasteiger partial charge in [-0.15, -0.1) is 0 Å². The van der Waals surface area contributed by atoms with Crippen LogP contribution in [0.4, 0.5) is 0 Å². The Labute approximate surface area is 319 Å². The fourth-order valence-corrected chi connectivity index (χ4v) is 8.59. The number of benzene rings is 7. The molecule has 0 amide bonds. The fourth-order valence-electron chi connectivity index (χ4n) is 8.59. The van der Waals surface area contributed by atoms with Gasteiger partial charge in [0.15, 0.2) is 11.6 Å². The molecule has 0 bridgehead atoms. The summed E-state index contributed by atoms with van der Waals surface area (Å²) < 4.78 is 4.89. The third kappa shape index (κ3) is 4.92. The summed E-state index contributed by atoms with van der Waals surface area (Å²) in [7, 11) is 0. The first-order valence-electron chi connectivity index (χ1n) is 18.7. The number of rotatable bonds is 5. The van der Waals surface area contributed by atoms with Crippen molar-refractivity contribution in [3.8, 4) is 56.4 Å². The Kier molecular flexibility index (Phi) is 7.20. The smallest absolute Gasteiger partial charge is 0.321 e. The number of hydrogen-bond acceptors (Lipinski definition) is 3. The van der Waals surface area contributed by atoms with E-state index in [0.717, 1.165) is 44.7 Å². The lowest BCUT2D eigenvalue weighted by molar-refractivity contribution is 1.10. The van der Waals surface area contributed by atoms with Crippen molar-refractivity contribution in [3.05, 3.63) is 194 Å². The van der Waals surface area contributed by atoms with Gasteiger partial charge in [-0.1, -0.05) is 158 Å². The van der Waals surface area contributed by atoms with Gasteiger partial charge in [0.05, 0.1) is 11.0 Å². The first kappa shape index (κ1) is 31.2. The zero-order chi connectivity index (χ0) is 36.3. The van der Waals surface area contributed by atoms with Crippen LogP contribution >= 0.6 is 0 Å². The highest BCUT2D eigenvalue weighted by atomic mass is 15.1. The maximum absolute atomic E-state index is 5.52. The van der Waals surface area contributed by atoms with E-state index in [0.29, 0.717) is 17.4 Å². The molecule has 0 saturated heterocycles. The van der Waals surface area contributed by atoms with Gasteiger partial charge in [0.1, 0.15) is 5.72 Å². The van der Waals surface area contributed by atoms with Gasteiger partial charge < -0.3 is 9.13 Å². The van der Waals surface area contributed by atoms with E-state index in [2.05, 4.69) is 167 Å². The second kappa shape index (κ2) is 12.7. The summed E-state index contributed by atoms with van der Waals surface area (Å²) in [6.07, 6.45) is 0. The van der Waals surface area contributed by atoms with Crippen molar-refractivity contribution in [2.45, 2.75) is 0 Å². The molecule has 0 fully saturated rings. The summed E-state index contributed by atoms with van der Waals surface area (Å²) in [6, 6.07) is 68.5. The van der Waals surface area contributed by atoms with Gasteiger partial charge >= 0.3 is 6.71 Å². The molecule has 5 nitrogen and oxygen atoms in total. The number of para-hydroxylation sites is 4. The molecule has 0 unspecified atom stereocenters. The Morgan fingerprint density at radius 1 is 0.345 bits per heavy atom. The summed E-state index contributed by atoms with van der Waals surface area (Å²) in [6.45, 7) is -0.439. The molecular formula is C49H32BN5. The average molecular weight is 702 g/mol. The zero-order valence-corrected chi connectivity index (χ0v) is 29.8. The van der Waals surface area contributed by atoms with Crippen LogP contribution in [0, 0.1) is 0 Å². The molecule has 0 radical (unpaired) electrons. The van der Waals surface area contributed by atoms with Crippen LogP contribution < -0.4 is 16.9 Å². The van der Waals surface area contributed by atoms with Crippen LogP contribution in [0.5, 0.6) is 0 Å². The summed E-state index contributed by atoms with van der Waals surface area (Å²) in [5, 5.41) is 2.36. The second-order valence-corrected chi connectivity index (χ2v) is 13.9. The Balaban J connectivity index is 1.38. The van der Waals surface area contributed by atoms with Gasteiger partial charge in [-0.2, -0.15) is 0 Å². The lowest BCUT2D eigenvalue weighted by Crippen LogP contribution is -2.59. The van der Waals surface area contributed by atoms with Crippen molar-refractivity contribution in [1.29, 1.82) is 0 Å². The minimum atomic E-state index is -0.439. The largest absolute Gasteiger partial charge is 0.331 e. The predicted octanol–water partition coefficient (Wildman–Crippen LogP) is 9.26. The van der Waals surface area contributed by atoms with Gasteiger partial charge in [-0.25, -0.2) is 15.0 Å². The average Bonchev–Trinajstić information content (AvgIpc) is 3.74. The highest BCUT2D eigenvalue weighted by molar-refractivity contribution is 6.96. The van der Waals surface area contributed by atoms with Crippen LogP contribution in [0.2, 0.25) is 0 Å². The van der Waals surface area contributed by atoms with Crippen molar-refractivity contribution in [2.24, 2.45) is 0 Å². The van der Waals surface area contributed by atoms with Crippen molar-refractivity contribution in [3.63, 3.8) is 0 Å². The van der Waals surface area contributed by atoms with Crippen LogP contribution in [-0.4, -0.2) is 30.8 Å². The van der Waals surface area contributed by atoms with E-state index in [1.807, 2.05) is 36.4 Å². The van der Waals surface area contributed by atoms with Crippen molar-refractivity contribution in [2.75, 3.05) is 0 Å². The molecule has 0 saturated carbocycles. The van der Waals surface area contributed by atoms with Gasteiger partial charge in [-0.3, -0.25) is 0 Å². The Bertz CT molecular complexity index is 2820. The monoisotopic (exact) mass is 701 g/mol. The van der Waals surface area contributed by atoms with Gasteiger partial charge in [0, 0.05) is 55.6 Å². The number of fused-ring (bicyclic) bond motifs is 9. The molecule has 55 heavy (non-hydrogen) atoms. The lowest BCUT2D eigenvalue weighted by atomic mass is 9.42. The molecule has 0 N–H and O–H groups in total. The third-order valence-electron chi connectivity index (χ3n) is 10.8. The molecule has 11 rings (SSSR count). The first-order chi connectivity index (χ1) is 27.3. The molecule has 0 spiro atoms. The van der Waals surface area contributed by atoms with Crippen LogP contribution in [0.1, 0.15) is 0 Å². The highest BCUT2D eigenvalue weighted by Crippen LogP contribution is 2.43. The molecule has 1 aliphatic rings. The third-order valence-corrected chi connectivity index (χ3v) is 10.8. The minimum absolute atomic E-state index is 0.439. The van der Waals surface area contributed by atoms with E-state index >= 15 is 0 Å². The van der Waals surface area contributed by atoms with Crippen LogP contribution in [0.3, 0.4) is 0 Å². The quantitative estimate of drug-likeness (QED) is 0.168. The maximum atomic E-state index is 5.52. The maximum Gasteiger partial charge on any atom is 0.331 e. The molecular weight excluding hydrogens is 669 g/mol. The van der Waals surface area contributed by atoms with Crippen LogP contribution in [-0.2, 0) is 0 Å². The molecule has 6 heteroatoms. The summed E-state index contributed by atoms with van der Waals surface area (Å²) in [4.78, 5) is 16.2. The molecule has 256 valence electrons. The van der Waals surface area contributed by atoms with Crippen LogP contribution in [0.15, 0.2) is 194 Å². The van der Waals surface area contributed by atoms with E-state index < -0.39 is 6.71 Å². The van der Waals surface area contributed by atoms with Crippen molar-refractivity contribution < 1.29 is 0 Å². The van der Waals surface area contributed by atoms with E-state index in [-0.39, 0.29) is 0 Å². The van der Waals surface area contributed by atoms with Gasteiger partial charge in [0.25, 0.3) is 0 Å². The molecule has 10 aromatic rings. The molecule has 1 aliphatic heterocycles. The minimum Gasteiger partial charge on any atom is -0.321 e. The normalized spacial score (nSPS) is 12.0. The van der Waals surface area contributed by atoms with E-state index in [1.165, 1.54) is 33.0 Å². The molecule has 0 aliphatic carbocycles. The summed E-state index contributed by atoms with van der Waals surface area (Å²) in [5.41, 5.74) is 13.9. The highest BCUT2D eigenvalue weighted by Gasteiger charge is 2.43. The molecule has 4 heterocycles. The zero-order valence-electron chi connectivity index (χ0n) is 29.8. The Morgan fingerprint density at radius 2 is 0.709 bits per heavy atom. The van der Waals surface area contributed by atoms with Gasteiger partial charge in [0.2, 0.25) is 0 Å². The second-order valence-electron chi connectivity index (χ2n) is 13.9. The Hall–Kier alpha value is -7.31. The van der Waals surface area contributed by atoms with Crippen molar-refractivity contribution >= 4 is 45.4 Å². The first-order valence-corrected chi connectivity index (χ1v) is 18.7. The number of nitrogens with zero attached hydrogens (tertiary/aromatic N) is 5. The Morgan fingerprint density at radius 3 is 1.15 bits per heavy atom. The van der Waals surface area contributed by atoms with E-state index in [9.17, 15) is 0 Å². The summed E-state index contributed by atoms with van der Waals surface area (Å²) in [5.74, 6) is 1.28. The fraction of sp³-hybridized carbons (Fsp3) is 0.